The van der Waals surface area contributed by atoms with Crippen molar-refractivity contribution < 1.29 is 4.74 Å². The van der Waals surface area contributed by atoms with Crippen LogP contribution in [-0.4, -0.2) is 16.7 Å². The summed E-state index contributed by atoms with van der Waals surface area (Å²) in [6, 6.07) is 16.5. The minimum Gasteiger partial charge on any atom is -0.496 e. The molecule has 0 aliphatic carbocycles. The molecule has 0 N–H and O–H groups in total. The van der Waals surface area contributed by atoms with Gasteiger partial charge in [0.2, 0.25) is 0 Å². The number of para-hydroxylation sites is 1. The molecule has 0 unspecified atom stereocenters. The van der Waals surface area contributed by atoms with Crippen LogP contribution < -0.4 is 4.74 Å². The van der Waals surface area contributed by atoms with Gasteiger partial charge in [0.15, 0.2) is 0 Å². The van der Waals surface area contributed by atoms with Gasteiger partial charge in [0.05, 0.1) is 13.7 Å². The Balaban J connectivity index is 1.94. The molecule has 3 heteroatoms. The van der Waals surface area contributed by atoms with Crippen LogP contribution in [0.4, 0.5) is 0 Å². The molecule has 0 radical (unpaired) electrons. The number of aryl methyl sites for hydroxylation is 1. The smallest absolute Gasteiger partial charge is 0.140 e. The summed E-state index contributed by atoms with van der Waals surface area (Å²) < 4.78 is 7.56. The highest BCUT2D eigenvalue weighted by Gasteiger charge is 2.08. The van der Waals surface area contributed by atoms with Gasteiger partial charge in [0.1, 0.15) is 11.6 Å². The lowest BCUT2D eigenvalue weighted by molar-refractivity contribution is 0.408. The van der Waals surface area contributed by atoms with Crippen LogP contribution in [0.25, 0.3) is 11.4 Å². The number of rotatable bonds is 4. The monoisotopic (exact) mass is 278 g/mol. The van der Waals surface area contributed by atoms with Crippen LogP contribution in [0.1, 0.15) is 11.1 Å². The van der Waals surface area contributed by atoms with Crippen molar-refractivity contribution in [3.8, 4) is 17.1 Å². The largest absolute Gasteiger partial charge is 0.496 e. The lowest BCUT2D eigenvalue weighted by atomic mass is 10.1. The average Bonchev–Trinajstić information content (AvgIpc) is 2.97. The molecular formula is C18H18N2O. The van der Waals surface area contributed by atoms with Crippen LogP contribution in [0.15, 0.2) is 60.9 Å². The number of imidazole rings is 1. The first-order chi connectivity index (χ1) is 10.3. The van der Waals surface area contributed by atoms with E-state index in [4.69, 9.17) is 4.74 Å². The van der Waals surface area contributed by atoms with Crippen LogP contribution in [0.2, 0.25) is 0 Å². The average molecular weight is 278 g/mol. The Morgan fingerprint density at radius 1 is 1.05 bits per heavy atom. The zero-order valence-corrected chi connectivity index (χ0v) is 12.3. The Kier molecular flexibility index (Phi) is 3.73. The Labute approximate surface area is 124 Å². The van der Waals surface area contributed by atoms with E-state index >= 15 is 0 Å². The molecule has 0 aliphatic heterocycles. The van der Waals surface area contributed by atoms with Crippen LogP contribution >= 0.6 is 0 Å². The van der Waals surface area contributed by atoms with Gasteiger partial charge in [0.25, 0.3) is 0 Å². The van der Waals surface area contributed by atoms with Crippen LogP contribution in [0.3, 0.4) is 0 Å². The fraction of sp³-hybridized carbons (Fsp3) is 0.167. The van der Waals surface area contributed by atoms with E-state index in [9.17, 15) is 0 Å². The van der Waals surface area contributed by atoms with Gasteiger partial charge in [-0.05, 0) is 13.0 Å². The van der Waals surface area contributed by atoms with E-state index in [0.29, 0.717) is 0 Å². The third-order valence-corrected chi connectivity index (χ3v) is 3.56. The van der Waals surface area contributed by atoms with E-state index in [1.165, 1.54) is 5.56 Å². The summed E-state index contributed by atoms with van der Waals surface area (Å²) in [4.78, 5) is 4.49. The van der Waals surface area contributed by atoms with Crippen molar-refractivity contribution in [1.29, 1.82) is 0 Å². The second-order valence-corrected chi connectivity index (χ2v) is 5.06. The van der Waals surface area contributed by atoms with Crippen molar-refractivity contribution in [2.24, 2.45) is 0 Å². The Morgan fingerprint density at radius 2 is 1.81 bits per heavy atom. The molecule has 0 amide bonds. The summed E-state index contributed by atoms with van der Waals surface area (Å²) in [5, 5.41) is 0. The highest BCUT2D eigenvalue weighted by molar-refractivity contribution is 5.56. The van der Waals surface area contributed by atoms with Gasteiger partial charge in [-0.3, -0.25) is 0 Å². The first-order valence-electron chi connectivity index (χ1n) is 6.98. The molecule has 3 aromatic rings. The van der Waals surface area contributed by atoms with Gasteiger partial charge in [-0.2, -0.15) is 0 Å². The summed E-state index contributed by atoms with van der Waals surface area (Å²) in [6.45, 7) is 2.83. The number of methoxy groups -OCH3 is 1. The molecule has 0 aliphatic rings. The summed E-state index contributed by atoms with van der Waals surface area (Å²) in [5.74, 6) is 1.88. The van der Waals surface area contributed by atoms with E-state index in [1.54, 1.807) is 7.11 Å². The zero-order valence-electron chi connectivity index (χ0n) is 12.3. The third kappa shape index (κ3) is 2.82. The summed E-state index contributed by atoms with van der Waals surface area (Å²) in [5.41, 5.74) is 3.52. The topological polar surface area (TPSA) is 27.1 Å². The van der Waals surface area contributed by atoms with Crippen molar-refractivity contribution in [2.75, 3.05) is 7.11 Å². The normalized spacial score (nSPS) is 10.6. The van der Waals surface area contributed by atoms with Crippen molar-refractivity contribution in [3.05, 3.63) is 72.1 Å². The van der Waals surface area contributed by atoms with Gasteiger partial charge >= 0.3 is 0 Å². The number of ether oxygens (including phenoxy) is 1. The predicted molar refractivity (Wildman–Crippen MR) is 84.5 cm³/mol. The molecule has 106 valence electrons. The molecule has 3 nitrogen and oxygen atoms in total. The molecule has 1 heterocycles. The Morgan fingerprint density at radius 3 is 2.57 bits per heavy atom. The minimum atomic E-state index is 0.743. The van der Waals surface area contributed by atoms with Gasteiger partial charge < -0.3 is 9.30 Å². The Hall–Kier alpha value is -2.55. The molecule has 2 aromatic carbocycles. The summed E-state index contributed by atoms with van der Waals surface area (Å²) in [7, 11) is 1.70. The number of benzene rings is 2. The van der Waals surface area contributed by atoms with Crippen molar-refractivity contribution >= 4 is 0 Å². The maximum atomic E-state index is 5.42. The molecule has 0 atom stereocenters. The van der Waals surface area contributed by atoms with Crippen molar-refractivity contribution in [3.63, 3.8) is 0 Å². The standard InChI is InChI=1S/C18H18N2O/c1-14-7-9-15(10-8-14)18-19-11-12-20(18)13-16-5-3-4-6-17(16)21-2/h3-12H,13H2,1-2H3. The summed E-state index contributed by atoms with van der Waals surface area (Å²) in [6.07, 6.45) is 3.84. The van der Waals surface area contributed by atoms with Gasteiger partial charge in [-0.1, -0.05) is 48.0 Å². The summed E-state index contributed by atoms with van der Waals surface area (Å²) >= 11 is 0. The van der Waals surface area contributed by atoms with E-state index < -0.39 is 0 Å². The molecule has 0 saturated heterocycles. The first-order valence-corrected chi connectivity index (χ1v) is 6.98. The van der Waals surface area contributed by atoms with Gasteiger partial charge in [-0.15, -0.1) is 0 Å². The van der Waals surface area contributed by atoms with E-state index in [2.05, 4.69) is 46.8 Å². The third-order valence-electron chi connectivity index (χ3n) is 3.56. The fourth-order valence-corrected chi connectivity index (χ4v) is 2.42. The maximum absolute atomic E-state index is 5.42. The fourth-order valence-electron chi connectivity index (χ4n) is 2.42. The van der Waals surface area contributed by atoms with E-state index in [-0.39, 0.29) is 0 Å². The second-order valence-electron chi connectivity index (χ2n) is 5.06. The number of nitrogens with zero attached hydrogens (tertiary/aromatic N) is 2. The molecular weight excluding hydrogens is 260 g/mol. The van der Waals surface area contributed by atoms with Crippen LogP contribution in [0, 0.1) is 6.92 Å². The first kappa shape index (κ1) is 13.4. The lowest BCUT2D eigenvalue weighted by Gasteiger charge is -2.11. The predicted octanol–water partition coefficient (Wildman–Crippen LogP) is 3.92. The molecule has 0 saturated carbocycles. The molecule has 21 heavy (non-hydrogen) atoms. The van der Waals surface area contributed by atoms with Gasteiger partial charge in [0, 0.05) is 23.5 Å². The highest BCUT2D eigenvalue weighted by atomic mass is 16.5. The molecule has 0 spiro atoms. The van der Waals surface area contributed by atoms with E-state index in [1.807, 2.05) is 30.6 Å². The zero-order chi connectivity index (χ0) is 14.7. The molecule has 0 fully saturated rings. The minimum absolute atomic E-state index is 0.743. The molecule has 3 rings (SSSR count). The molecule has 0 bridgehead atoms. The number of hydrogen-bond donors (Lipinski definition) is 0. The second kappa shape index (κ2) is 5.83. The maximum Gasteiger partial charge on any atom is 0.140 e. The Bertz CT molecular complexity index is 729. The quantitative estimate of drug-likeness (QED) is 0.723. The van der Waals surface area contributed by atoms with Crippen LogP contribution in [-0.2, 0) is 6.54 Å². The number of aromatic nitrogens is 2. The SMILES string of the molecule is COc1ccccc1Cn1ccnc1-c1ccc(C)cc1. The lowest BCUT2D eigenvalue weighted by Crippen LogP contribution is -2.02. The van der Waals surface area contributed by atoms with Crippen LogP contribution in [0.5, 0.6) is 5.75 Å². The number of hydrogen-bond acceptors (Lipinski definition) is 2. The molecule has 1 aromatic heterocycles. The van der Waals surface area contributed by atoms with Crippen molar-refractivity contribution in [2.45, 2.75) is 13.5 Å². The van der Waals surface area contributed by atoms with E-state index in [0.717, 1.165) is 29.2 Å². The highest BCUT2D eigenvalue weighted by Crippen LogP contribution is 2.23. The van der Waals surface area contributed by atoms with Gasteiger partial charge in [-0.25, -0.2) is 4.98 Å². The van der Waals surface area contributed by atoms with Crippen molar-refractivity contribution in [1.82, 2.24) is 9.55 Å².